The summed E-state index contributed by atoms with van der Waals surface area (Å²) >= 11 is 0. The third-order valence-electron chi connectivity index (χ3n) is 3.55. The van der Waals surface area contributed by atoms with Gasteiger partial charge in [-0.05, 0) is 6.07 Å². The van der Waals surface area contributed by atoms with Crippen LogP contribution in [0.25, 0.3) is 0 Å². The summed E-state index contributed by atoms with van der Waals surface area (Å²) in [6.07, 6.45) is 0.0392. The first-order valence-corrected chi connectivity index (χ1v) is 6.78. The topological polar surface area (TPSA) is 96.7 Å². The third-order valence-corrected chi connectivity index (χ3v) is 3.55. The number of ether oxygens (including phenoxy) is 1. The molecule has 1 unspecified atom stereocenters. The van der Waals surface area contributed by atoms with Gasteiger partial charge in [-0.15, -0.1) is 0 Å². The van der Waals surface area contributed by atoms with Crippen molar-refractivity contribution in [1.82, 2.24) is 15.6 Å². The first-order chi connectivity index (χ1) is 10.2. The number of methoxy groups -OCH3 is 1. The predicted octanol–water partition coefficient (Wildman–Crippen LogP) is -0.624. The highest BCUT2D eigenvalue weighted by atomic mass is 16.5. The van der Waals surface area contributed by atoms with Gasteiger partial charge in [-0.25, -0.2) is 5.84 Å². The second-order valence-corrected chi connectivity index (χ2v) is 4.86. The SMILES string of the molecule is COc1ccccc1CN1CCNC(=O)C1CC(=O)NN. The van der Waals surface area contributed by atoms with Crippen LogP contribution in [0, 0.1) is 0 Å². The van der Waals surface area contributed by atoms with E-state index in [1.54, 1.807) is 7.11 Å². The van der Waals surface area contributed by atoms with Gasteiger partial charge in [0.15, 0.2) is 0 Å². The Bertz CT molecular complexity index is 521. The van der Waals surface area contributed by atoms with Crippen LogP contribution >= 0.6 is 0 Å². The van der Waals surface area contributed by atoms with Gasteiger partial charge in [0, 0.05) is 25.2 Å². The van der Waals surface area contributed by atoms with Gasteiger partial charge in [-0.1, -0.05) is 18.2 Å². The van der Waals surface area contributed by atoms with Crippen molar-refractivity contribution in [1.29, 1.82) is 0 Å². The standard InChI is InChI=1S/C14H20N4O3/c1-21-12-5-3-2-4-10(12)9-18-7-6-16-14(20)11(18)8-13(19)17-15/h2-5,11H,6-9,15H2,1H3,(H,16,20)(H,17,19). The van der Waals surface area contributed by atoms with E-state index in [1.807, 2.05) is 29.2 Å². The van der Waals surface area contributed by atoms with Crippen LogP contribution in [-0.2, 0) is 16.1 Å². The highest BCUT2D eigenvalue weighted by Crippen LogP contribution is 2.21. The van der Waals surface area contributed by atoms with Crippen molar-refractivity contribution in [2.75, 3.05) is 20.2 Å². The van der Waals surface area contributed by atoms with Crippen molar-refractivity contribution < 1.29 is 14.3 Å². The number of nitrogens with zero attached hydrogens (tertiary/aromatic N) is 1. The number of para-hydroxylation sites is 1. The minimum absolute atomic E-state index is 0.0392. The van der Waals surface area contributed by atoms with Crippen LogP contribution in [0.3, 0.4) is 0 Å². The van der Waals surface area contributed by atoms with Crippen molar-refractivity contribution in [3.63, 3.8) is 0 Å². The van der Waals surface area contributed by atoms with Crippen molar-refractivity contribution in [2.24, 2.45) is 5.84 Å². The summed E-state index contributed by atoms with van der Waals surface area (Å²) in [4.78, 5) is 25.4. The zero-order valence-corrected chi connectivity index (χ0v) is 12.0. The summed E-state index contributed by atoms with van der Waals surface area (Å²) in [5.41, 5.74) is 3.05. The van der Waals surface area contributed by atoms with Crippen LogP contribution < -0.4 is 21.3 Å². The molecule has 7 heteroatoms. The Morgan fingerprint density at radius 2 is 2.29 bits per heavy atom. The van der Waals surface area contributed by atoms with Gasteiger partial charge in [0.1, 0.15) is 5.75 Å². The third kappa shape index (κ3) is 3.71. The van der Waals surface area contributed by atoms with Crippen molar-refractivity contribution in [2.45, 2.75) is 19.0 Å². The highest BCUT2D eigenvalue weighted by molar-refractivity contribution is 5.88. The fraction of sp³-hybridized carbons (Fsp3) is 0.429. The maximum atomic E-state index is 12.0. The molecule has 0 aliphatic carbocycles. The maximum Gasteiger partial charge on any atom is 0.237 e. The lowest BCUT2D eigenvalue weighted by atomic mass is 10.1. The summed E-state index contributed by atoms with van der Waals surface area (Å²) in [5.74, 6) is 5.37. The van der Waals surface area contributed by atoms with Gasteiger partial charge in [0.25, 0.3) is 0 Å². The molecule has 0 bridgehead atoms. The molecular weight excluding hydrogens is 272 g/mol. The van der Waals surface area contributed by atoms with Gasteiger partial charge < -0.3 is 10.1 Å². The number of rotatable bonds is 5. The van der Waals surface area contributed by atoms with Crippen molar-refractivity contribution in [3.05, 3.63) is 29.8 Å². The Balaban J connectivity index is 2.15. The second-order valence-electron chi connectivity index (χ2n) is 4.86. The number of hydrazine groups is 1. The first kappa shape index (κ1) is 15.3. The molecule has 21 heavy (non-hydrogen) atoms. The average Bonchev–Trinajstić information content (AvgIpc) is 2.51. The molecule has 0 radical (unpaired) electrons. The van der Waals surface area contributed by atoms with E-state index < -0.39 is 6.04 Å². The fourth-order valence-corrected chi connectivity index (χ4v) is 2.46. The number of hydrogen-bond donors (Lipinski definition) is 3. The molecular formula is C14H20N4O3. The lowest BCUT2D eigenvalue weighted by molar-refractivity contribution is -0.134. The molecule has 2 amide bonds. The summed E-state index contributed by atoms with van der Waals surface area (Å²) in [5, 5.41) is 2.77. The molecule has 1 aliphatic heterocycles. The van der Waals surface area contributed by atoms with E-state index in [2.05, 4.69) is 10.7 Å². The van der Waals surface area contributed by atoms with Gasteiger partial charge in [-0.3, -0.25) is 19.9 Å². The number of carbonyl (C=O) groups is 2. The fourth-order valence-electron chi connectivity index (χ4n) is 2.46. The Morgan fingerprint density at radius 3 is 3.00 bits per heavy atom. The van der Waals surface area contributed by atoms with E-state index in [1.165, 1.54) is 0 Å². The summed E-state index contributed by atoms with van der Waals surface area (Å²) in [6.45, 7) is 1.78. The first-order valence-electron chi connectivity index (χ1n) is 6.78. The van der Waals surface area contributed by atoms with Gasteiger partial charge in [-0.2, -0.15) is 0 Å². The molecule has 1 saturated heterocycles. The van der Waals surface area contributed by atoms with Crippen molar-refractivity contribution in [3.8, 4) is 5.75 Å². The molecule has 1 fully saturated rings. The van der Waals surface area contributed by atoms with E-state index in [0.29, 0.717) is 19.6 Å². The van der Waals surface area contributed by atoms with Gasteiger partial charge in [0.2, 0.25) is 11.8 Å². The predicted molar refractivity (Wildman–Crippen MR) is 77.1 cm³/mol. The van der Waals surface area contributed by atoms with Crippen LogP contribution in [0.2, 0.25) is 0 Å². The Labute approximate surface area is 123 Å². The molecule has 7 nitrogen and oxygen atoms in total. The van der Waals surface area contributed by atoms with Crippen LogP contribution in [0.15, 0.2) is 24.3 Å². The normalized spacial score (nSPS) is 19.0. The molecule has 0 spiro atoms. The molecule has 114 valence electrons. The molecule has 1 aliphatic rings. The molecule has 0 saturated carbocycles. The molecule has 1 aromatic carbocycles. The van der Waals surface area contributed by atoms with E-state index in [0.717, 1.165) is 11.3 Å². The maximum absolute atomic E-state index is 12.0. The molecule has 2 rings (SSSR count). The quantitative estimate of drug-likeness (QED) is 0.382. The average molecular weight is 292 g/mol. The molecule has 1 atom stereocenters. The van der Waals surface area contributed by atoms with Crippen LogP contribution in [0.1, 0.15) is 12.0 Å². The number of carbonyl (C=O) groups excluding carboxylic acids is 2. The van der Waals surface area contributed by atoms with Gasteiger partial charge >= 0.3 is 0 Å². The minimum Gasteiger partial charge on any atom is -0.496 e. The number of piperazine rings is 1. The Morgan fingerprint density at radius 1 is 1.52 bits per heavy atom. The summed E-state index contributed by atoms with van der Waals surface area (Å²) in [6, 6.07) is 7.12. The smallest absolute Gasteiger partial charge is 0.237 e. The Hall–Kier alpha value is -2.12. The zero-order valence-electron chi connectivity index (χ0n) is 12.0. The molecule has 1 aromatic rings. The lowest BCUT2D eigenvalue weighted by Gasteiger charge is -2.34. The van der Waals surface area contributed by atoms with Crippen molar-refractivity contribution >= 4 is 11.8 Å². The lowest BCUT2D eigenvalue weighted by Crippen LogP contribution is -2.56. The van der Waals surface area contributed by atoms with E-state index in [-0.39, 0.29) is 18.2 Å². The molecule has 4 N–H and O–H groups in total. The largest absolute Gasteiger partial charge is 0.496 e. The highest BCUT2D eigenvalue weighted by Gasteiger charge is 2.31. The van der Waals surface area contributed by atoms with Gasteiger partial charge in [0.05, 0.1) is 19.6 Å². The van der Waals surface area contributed by atoms with Crippen LogP contribution in [0.5, 0.6) is 5.75 Å². The van der Waals surface area contributed by atoms with E-state index in [9.17, 15) is 9.59 Å². The molecule has 1 heterocycles. The summed E-state index contributed by atoms with van der Waals surface area (Å²) in [7, 11) is 1.61. The van der Waals surface area contributed by atoms with Crippen LogP contribution in [0.4, 0.5) is 0 Å². The number of amides is 2. The van der Waals surface area contributed by atoms with E-state index in [4.69, 9.17) is 10.6 Å². The number of nitrogens with two attached hydrogens (primary N) is 1. The molecule has 0 aromatic heterocycles. The number of benzene rings is 1. The second kappa shape index (κ2) is 7.05. The monoisotopic (exact) mass is 292 g/mol. The van der Waals surface area contributed by atoms with Crippen LogP contribution in [-0.4, -0.2) is 43.0 Å². The van der Waals surface area contributed by atoms with E-state index >= 15 is 0 Å². The minimum atomic E-state index is -0.521. The number of hydrogen-bond acceptors (Lipinski definition) is 5. The number of nitrogens with one attached hydrogen (secondary N) is 2. The zero-order chi connectivity index (χ0) is 15.2. The Kier molecular flexibility index (Phi) is 5.13. The summed E-state index contributed by atoms with van der Waals surface area (Å²) < 4.78 is 5.32.